The van der Waals surface area contributed by atoms with Crippen molar-refractivity contribution in [3.63, 3.8) is 0 Å². The average Bonchev–Trinajstić information content (AvgIpc) is 3.15. The second kappa shape index (κ2) is 5.76. The van der Waals surface area contributed by atoms with E-state index in [0.29, 0.717) is 11.3 Å². The van der Waals surface area contributed by atoms with E-state index in [1.165, 1.54) is 11.3 Å². The van der Waals surface area contributed by atoms with E-state index in [9.17, 15) is 4.79 Å². The Balaban J connectivity index is 1.73. The smallest absolute Gasteiger partial charge is 0.273 e. The van der Waals surface area contributed by atoms with Crippen LogP contribution in [0.3, 0.4) is 0 Å². The minimum atomic E-state index is -0.237. The maximum Gasteiger partial charge on any atom is 0.273 e. The van der Waals surface area contributed by atoms with Crippen LogP contribution in [0.4, 0.5) is 5.69 Å². The Bertz CT molecular complexity index is 736. The number of rotatable bonds is 4. The minimum Gasteiger partial charge on any atom is -0.298 e. The van der Waals surface area contributed by atoms with E-state index in [0.717, 1.165) is 10.8 Å². The predicted octanol–water partition coefficient (Wildman–Crippen LogP) is 2.39. The number of aromatic nitrogens is 3. The second-order valence-corrected chi connectivity index (χ2v) is 5.21. The van der Waals surface area contributed by atoms with Crippen LogP contribution >= 0.6 is 11.3 Å². The summed E-state index contributed by atoms with van der Waals surface area (Å²) in [4.78, 5) is 16.3. The number of hydrogen-bond donors (Lipinski definition) is 2. The molecule has 0 unspecified atom stereocenters. The molecule has 0 saturated carbocycles. The fourth-order valence-corrected chi connectivity index (χ4v) is 2.39. The Morgan fingerprint density at radius 3 is 2.81 bits per heavy atom. The zero-order valence-corrected chi connectivity index (χ0v) is 12.1. The molecule has 106 valence electrons. The molecule has 3 rings (SSSR count). The molecule has 0 aliphatic rings. The van der Waals surface area contributed by atoms with Crippen LogP contribution < -0.4 is 10.9 Å². The Morgan fingerprint density at radius 2 is 2.10 bits per heavy atom. The molecular weight excluding hydrogens is 286 g/mol. The number of amides is 1. The number of nitrogens with one attached hydrogen (secondary N) is 2. The molecule has 2 N–H and O–H groups in total. The van der Waals surface area contributed by atoms with E-state index in [1.807, 2.05) is 35.7 Å². The van der Waals surface area contributed by atoms with E-state index in [2.05, 4.69) is 20.9 Å². The largest absolute Gasteiger partial charge is 0.298 e. The molecule has 1 amide bonds. The van der Waals surface area contributed by atoms with Gasteiger partial charge in [-0.25, -0.2) is 9.67 Å². The monoisotopic (exact) mass is 299 g/mol. The van der Waals surface area contributed by atoms with Gasteiger partial charge in [0.05, 0.1) is 16.9 Å². The normalized spacial score (nSPS) is 10.3. The zero-order chi connectivity index (χ0) is 14.7. The van der Waals surface area contributed by atoms with Crippen LogP contribution in [0.5, 0.6) is 0 Å². The first-order valence-corrected chi connectivity index (χ1v) is 7.19. The van der Waals surface area contributed by atoms with E-state index in [1.54, 1.807) is 24.0 Å². The molecular formula is C14H13N5OS. The molecule has 0 aliphatic heterocycles. The number of nitrogens with zero attached hydrogens (tertiary/aromatic N) is 3. The van der Waals surface area contributed by atoms with Gasteiger partial charge in [0, 0.05) is 17.8 Å². The van der Waals surface area contributed by atoms with Crippen LogP contribution in [-0.4, -0.2) is 20.7 Å². The quantitative estimate of drug-likeness (QED) is 0.726. The molecule has 0 atom stereocenters. The number of hydrogen-bond acceptors (Lipinski definition) is 5. The highest BCUT2D eigenvalue weighted by Crippen LogP contribution is 2.14. The van der Waals surface area contributed by atoms with Crippen molar-refractivity contribution in [1.29, 1.82) is 0 Å². The number of thiazole rings is 1. The number of anilines is 1. The molecule has 21 heavy (non-hydrogen) atoms. The molecule has 0 bridgehead atoms. The second-order valence-electron chi connectivity index (χ2n) is 4.33. The van der Waals surface area contributed by atoms with Crippen LogP contribution in [0.1, 0.15) is 16.1 Å². The Hall–Kier alpha value is -2.67. The van der Waals surface area contributed by atoms with Crippen molar-refractivity contribution in [3.8, 4) is 5.13 Å². The summed E-state index contributed by atoms with van der Waals surface area (Å²) >= 11 is 1.46. The molecule has 0 aliphatic carbocycles. The predicted molar refractivity (Wildman–Crippen MR) is 81.5 cm³/mol. The summed E-state index contributed by atoms with van der Waals surface area (Å²) in [5.74, 6) is -0.237. The van der Waals surface area contributed by atoms with Crippen LogP contribution in [-0.2, 0) is 0 Å². The van der Waals surface area contributed by atoms with Crippen molar-refractivity contribution < 1.29 is 4.79 Å². The zero-order valence-electron chi connectivity index (χ0n) is 11.3. The van der Waals surface area contributed by atoms with Crippen LogP contribution in [0, 0.1) is 6.92 Å². The maximum atomic E-state index is 12.2. The number of aryl methyl sites for hydroxylation is 1. The third kappa shape index (κ3) is 2.92. The lowest BCUT2D eigenvalue weighted by Crippen LogP contribution is -2.29. The molecule has 0 fully saturated rings. The SMILES string of the molecule is Cc1nn(-c2nccs2)cc1C(=O)NNc1ccccc1. The molecule has 3 aromatic rings. The molecule has 1 aromatic carbocycles. The lowest BCUT2D eigenvalue weighted by atomic mass is 10.2. The van der Waals surface area contributed by atoms with Crippen LogP contribution in [0.25, 0.3) is 5.13 Å². The fourth-order valence-electron chi connectivity index (χ4n) is 1.83. The summed E-state index contributed by atoms with van der Waals surface area (Å²) in [5, 5.41) is 6.90. The summed E-state index contributed by atoms with van der Waals surface area (Å²) in [7, 11) is 0. The van der Waals surface area contributed by atoms with Crippen molar-refractivity contribution in [1.82, 2.24) is 20.2 Å². The van der Waals surface area contributed by atoms with Gasteiger partial charge in [0.2, 0.25) is 5.13 Å². The van der Waals surface area contributed by atoms with E-state index < -0.39 is 0 Å². The van der Waals surface area contributed by atoms with Gasteiger partial charge in [0.15, 0.2) is 0 Å². The highest BCUT2D eigenvalue weighted by atomic mass is 32.1. The van der Waals surface area contributed by atoms with Crippen molar-refractivity contribution in [2.75, 3.05) is 5.43 Å². The summed E-state index contributed by atoms with van der Waals surface area (Å²) in [6.07, 6.45) is 3.38. The van der Waals surface area contributed by atoms with Crippen molar-refractivity contribution >= 4 is 22.9 Å². The Morgan fingerprint density at radius 1 is 1.29 bits per heavy atom. The average molecular weight is 299 g/mol. The molecule has 7 heteroatoms. The van der Waals surface area contributed by atoms with Gasteiger partial charge in [-0.15, -0.1) is 11.3 Å². The van der Waals surface area contributed by atoms with Gasteiger partial charge in [-0.1, -0.05) is 18.2 Å². The van der Waals surface area contributed by atoms with Crippen LogP contribution in [0.2, 0.25) is 0 Å². The number of carbonyl (C=O) groups is 1. The molecule has 0 saturated heterocycles. The lowest BCUT2D eigenvalue weighted by Gasteiger charge is -2.07. The number of carbonyl (C=O) groups excluding carboxylic acids is 1. The highest BCUT2D eigenvalue weighted by Gasteiger charge is 2.14. The molecule has 6 nitrogen and oxygen atoms in total. The first kappa shape index (κ1) is 13.3. The summed E-state index contributed by atoms with van der Waals surface area (Å²) in [5.41, 5.74) is 7.49. The fraction of sp³-hybridized carbons (Fsp3) is 0.0714. The van der Waals surface area contributed by atoms with Crippen molar-refractivity contribution in [2.45, 2.75) is 6.92 Å². The van der Waals surface area contributed by atoms with Gasteiger partial charge in [-0.2, -0.15) is 5.10 Å². The first-order valence-electron chi connectivity index (χ1n) is 6.31. The summed E-state index contributed by atoms with van der Waals surface area (Å²) in [6, 6.07) is 9.42. The van der Waals surface area contributed by atoms with Gasteiger partial charge in [0.25, 0.3) is 5.91 Å². The number of para-hydroxylation sites is 1. The van der Waals surface area contributed by atoms with Gasteiger partial charge < -0.3 is 0 Å². The van der Waals surface area contributed by atoms with Gasteiger partial charge in [-0.05, 0) is 19.1 Å². The maximum absolute atomic E-state index is 12.2. The molecule has 0 radical (unpaired) electrons. The summed E-state index contributed by atoms with van der Waals surface area (Å²) in [6.45, 7) is 1.79. The number of benzene rings is 1. The van der Waals surface area contributed by atoms with Gasteiger partial charge >= 0.3 is 0 Å². The third-order valence-electron chi connectivity index (χ3n) is 2.85. The topological polar surface area (TPSA) is 71.8 Å². The van der Waals surface area contributed by atoms with E-state index in [4.69, 9.17) is 0 Å². The van der Waals surface area contributed by atoms with Gasteiger partial charge in [0.1, 0.15) is 0 Å². The van der Waals surface area contributed by atoms with E-state index >= 15 is 0 Å². The number of hydrazine groups is 1. The van der Waals surface area contributed by atoms with Crippen LogP contribution in [0.15, 0.2) is 48.1 Å². The Labute approximate surface area is 125 Å². The summed E-state index contributed by atoms with van der Waals surface area (Å²) < 4.78 is 1.61. The lowest BCUT2D eigenvalue weighted by molar-refractivity contribution is 0.0962. The van der Waals surface area contributed by atoms with Crippen molar-refractivity contribution in [2.24, 2.45) is 0 Å². The van der Waals surface area contributed by atoms with Gasteiger partial charge in [-0.3, -0.25) is 15.6 Å². The Kier molecular flexibility index (Phi) is 3.65. The molecule has 2 aromatic heterocycles. The molecule has 0 spiro atoms. The minimum absolute atomic E-state index is 0.237. The highest BCUT2D eigenvalue weighted by molar-refractivity contribution is 7.12. The first-order chi connectivity index (χ1) is 10.2. The van der Waals surface area contributed by atoms with Crippen molar-refractivity contribution in [3.05, 3.63) is 59.4 Å². The third-order valence-corrected chi connectivity index (χ3v) is 3.61. The standard InChI is InChI=1S/C14H13N5OS/c1-10-12(9-19(18-10)14-15-7-8-21-14)13(20)17-16-11-5-3-2-4-6-11/h2-9,16H,1H3,(H,17,20). The van der Waals surface area contributed by atoms with E-state index in [-0.39, 0.29) is 5.91 Å². The molecule has 2 heterocycles.